The fourth-order valence-electron chi connectivity index (χ4n) is 1.46. The Kier molecular flexibility index (Phi) is 3.59. The Balaban J connectivity index is 2.15. The maximum atomic E-state index is 13.1. The van der Waals surface area contributed by atoms with Gasteiger partial charge in [0.15, 0.2) is 0 Å². The molecule has 0 fully saturated rings. The summed E-state index contributed by atoms with van der Waals surface area (Å²) in [7, 11) is -0.0100. The van der Waals surface area contributed by atoms with E-state index in [1.807, 2.05) is 0 Å². The number of nitrogens with zero attached hydrogens (tertiary/aromatic N) is 3. The summed E-state index contributed by atoms with van der Waals surface area (Å²) < 4.78 is 19.9. The fraction of sp³-hybridized carbons (Fsp3) is 0.200. The van der Waals surface area contributed by atoms with Crippen LogP contribution in [0.15, 0.2) is 24.4 Å². The van der Waals surface area contributed by atoms with Crippen molar-refractivity contribution in [2.45, 2.75) is 6.61 Å². The molecule has 18 heavy (non-hydrogen) atoms. The number of hydrogen-bond donors (Lipinski definition) is 2. The third-order valence-electron chi connectivity index (χ3n) is 2.28. The van der Waals surface area contributed by atoms with Crippen LogP contribution < -0.4 is 10.2 Å². The topological polar surface area (TPSA) is 80.4 Å². The van der Waals surface area contributed by atoms with Crippen molar-refractivity contribution in [2.24, 2.45) is 7.05 Å². The molecule has 1 aromatic carbocycles. The van der Waals surface area contributed by atoms with Gasteiger partial charge in [-0.15, -0.1) is 5.10 Å². The minimum absolute atomic E-state index is 0.0654. The van der Waals surface area contributed by atoms with E-state index in [0.717, 1.165) is 12.1 Å². The SMILES string of the molecule is Cn1cc(COc2cc(F)ccc2B(O)O)nn1. The molecule has 2 aromatic rings. The van der Waals surface area contributed by atoms with Crippen molar-refractivity contribution in [3.8, 4) is 5.75 Å². The molecule has 6 nitrogen and oxygen atoms in total. The second-order valence-corrected chi connectivity index (χ2v) is 3.73. The van der Waals surface area contributed by atoms with E-state index < -0.39 is 12.9 Å². The molecule has 0 bridgehead atoms. The Morgan fingerprint density at radius 3 is 2.83 bits per heavy atom. The minimum Gasteiger partial charge on any atom is -0.487 e. The number of rotatable bonds is 4. The predicted octanol–water partition coefficient (Wildman–Crippen LogP) is -0.787. The number of halogens is 1. The smallest absolute Gasteiger partial charge is 0.487 e. The van der Waals surface area contributed by atoms with Gasteiger partial charge in [-0.25, -0.2) is 4.39 Å². The first-order chi connectivity index (χ1) is 8.56. The van der Waals surface area contributed by atoms with Gasteiger partial charge in [-0.1, -0.05) is 11.3 Å². The molecule has 0 amide bonds. The summed E-state index contributed by atoms with van der Waals surface area (Å²) in [5.74, 6) is -0.454. The molecular weight excluding hydrogens is 240 g/mol. The molecule has 1 aromatic heterocycles. The first kappa shape index (κ1) is 12.5. The summed E-state index contributed by atoms with van der Waals surface area (Å²) in [6, 6.07) is 3.47. The van der Waals surface area contributed by atoms with Crippen LogP contribution in [0.2, 0.25) is 0 Å². The van der Waals surface area contributed by atoms with Gasteiger partial charge in [-0.3, -0.25) is 4.68 Å². The van der Waals surface area contributed by atoms with Crippen molar-refractivity contribution in [1.29, 1.82) is 0 Å². The van der Waals surface area contributed by atoms with E-state index in [4.69, 9.17) is 14.8 Å². The molecule has 0 unspecified atom stereocenters. The van der Waals surface area contributed by atoms with Crippen LogP contribution in [0.1, 0.15) is 5.69 Å². The van der Waals surface area contributed by atoms with Crippen molar-refractivity contribution in [1.82, 2.24) is 15.0 Å². The average molecular weight is 251 g/mol. The van der Waals surface area contributed by atoms with Gasteiger partial charge in [0.2, 0.25) is 0 Å². The highest BCUT2D eigenvalue weighted by molar-refractivity contribution is 6.59. The number of aromatic nitrogens is 3. The summed E-state index contributed by atoms with van der Waals surface area (Å²) in [4.78, 5) is 0. The summed E-state index contributed by atoms with van der Waals surface area (Å²) in [6.45, 7) is 0.0665. The molecule has 1 heterocycles. The second kappa shape index (κ2) is 5.15. The van der Waals surface area contributed by atoms with Crippen molar-refractivity contribution in [3.05, 3.63) is 35.9 Å². The molecule has 0 spiro atoms. The first-order valence-electron chi connectivity index (χ1n) is 5.20. The van der Waals surface area contributed by atoms with Crippen LogP contribution in [0, 0.1) is 5.82 Å². The lowest BCUT2D eigenvalue weighted by Crippen LogP contribution is -2.31. The number of ether oxygens (including phenoxy) is 1. The molecule has 0 atom stereocenters. The quantitative estimate of drug-likeness (QED) is 0.696. The highest BCUT2D eigenvalue weighted by Crippen LogP contribution is 2.12. The standard InChI is InChI=1S/C10H11BFN3O3/c1-15-5-8(13-14-15)6-18-10-4-7(12)2-3-9(10)11(16)17/h2-5,16-17H,6H2,1H3. The second-order valence-electron chi connectivity index (χ2n) is 3.73. The van der Waals surface area contributed by atoms with Gasteiger partial charge in [0, 0.05) is 18.6 Å². The highest BCUT2D eigenvalue weighted by atomic mass is 19.1. The molecule has 0 saturated carbocycles. The zero-order valence-electron chi connectivity index (χ0n) is 9.62. The fourth-order valence-corrected chi connectivity index (χ4v) is 1.46. The lowest BCUT2D eigenvalue weighted by molar-refractivity contribution is 0.300. The van der Waals surface area contributed by atoms with Crippen LogP contribution in [-0.2, 0) is 13.7 Å². The summed E-state index contributed by atoms with van der Waals surface area (Å²) in [5, 5.41) is 25.8. The number of aryl methyl sites for hydroxylation is 1. The third kappa shape index (κ3) is 2.85. The summed E-state index contributed by atoms with van der Waals surface area (Å²) >= 11 is 0. The molecule has 2 N–H and O–H groups in total. The van der Waals surface area contributed by atoms with Crippen molar-refractivity contribution < 1.29 is 19.2 Å². The van der Waals surface area contributed by atoms with Crippen LogP contribution in [0.25, 0.3) is 0 Å². The molecule has 0 saturated heterocycles. The van der Waals surface area contributed by atoms with E-state index in [1.54, 1.807) is 13.2 Å². The molecule has 94 valence electrons. The van der Waals surface area contributed by atoms with Crippen molar-refractivity contribution in [2.75, 3.05) is 0 Å². The summed E-state index contributed by atoms with van der Waals surface area (Å²) in [6.07, 6.45) is 1.65. The van der Waals surface area contributed by atoms with E-state index in [9.17, 15) is 4.39 Å². The molecule has 0 aliphatic carbocycles. The lowest BCUT2D eigenvalue weighted by Gasteiger charge is -2.09. The highest BCUT2D eigenvalue weighted by Gasteiger charge is 2.18. The van der Waals surface area contributed by atoms with E-state index >= 15 is 0 Å². The predicted molar refractivity (Wildman–Crippen MR) is 61.6 cm³/mol. The average Bonchev–Trinajstić information content (AvgIpc) is 2.72. The monoisotopic (exact) mass is 251 g/mol. The first-order valence-corrected chi connectivity index (χ1v) is 5.20. The van der Waals surface area contributed by atoms with E-state index in [2.05, 4.69) is 10.3 Å². The summed E-state index contributed by atoms with van der Waals surface area (Å²) in [5.41, 5.74) is 0.653. The normalized spacial score (nSPS) is 10.4. The molecule has 0 radical (unpaired) electrons. The molecular formula is C10H11BFN3O3. The Labute approximate surface area is 103 Å². The molecule has 8 heteroatoms. The van der Waals surface area contributed by atoms with Crippen LogP contribution in [-0.4, -0.2) is 32.2 Å². The lowest BCUT2D eigenvalue weighted by atomic mass is 9.79. The van der Waals surface area contributed by atoms with Crippen molar-refractivity contribution in [3.63, 3.8) is 0 Å². The van der Waals surface area contributed by atoms with E-state index in [-0.39, 0.29) is 17.8 Å². The minimum atomic E-state index is -1.72. The molecule has 0 aliphatic heterocycles. The van der Waals surface area contributed by atoms with Gasteiger partial charge in [0.05, 0.1) is 6.20 Å². The van der Waals surface area contributed by atoms with E-state index in [1.165, 1.54) is 10.7 Å². The van der Waals surface area contributed by atoms with Gasteiger partial charge < -0.3 is 14.8 Å². The van der Waals surface area contributed by atoms with Crippen LogP contribution in [0.3, 0.4) is 0 Å². The van der Waals surface area contributed by atoms with Gasteiger partial charge in [-0.2, -0.15) is 0 Å². The van der Waals surface area contributed by atoms with E-state index in [0.29, 0.717) is 5.69 Å². The Morgan fingerprint density at radius 2 is 2.22 bits per heavy atom. The zero-order valence-corrected chi connectivity index (χ0v) is 9.62. The van der Waals surface area contributed by atoms with Crippen LogP contribution in [0.4, 0.5) is 4.39 Å². The Hall–Kier alpha value is -1.93. The third-order valence-corrected chi connectivity index (χ3v) is 2.28. The Bertz CT molecular complexity index is 547. The van der Waals surface area contributed by atoms with Crippen molar-refractivity contribution >= 4 is 12.6 Å². The van der Waals surface area contributed by atoms with Gasteiger partial charge >= 0.3 is 7.12 Å². The molecule has 2 rings (SSSR count). The zero-order chi connectivity index (χ0) is 13.1. The van der Waals surface area contributed by atoms with Gasteiger partial charge in [0.1, 0.15) is 23.9 Å². The van der Waals surface area contributed by atoms with Gasteiger partial charge in [-0.05, 0) is 6.07 Å². The largest absolute Gasteiger partial charge is 0.492 e. The molecule has 0 aliphatic rings. The number of hydrogen-bond acceptors (Lipinski definition) is 5. The number of benzene rings is 1. The van der Waals surface area contributed by atoms with Crippen LogP contribution in [0.5, 0.6) is 5.75 Å². The maximum absolute atomic E-state index is 13.1. The van der Waals surface area contributed by atoms with Gasteiger partial charge in [0.25, 0.3) is 0 Å². The van der Waals surface area contributed by atoms with Crippen LogP contribution >= 0.6 is 0 Å². The maximum Gasteiger partial charge on any atom is 0.492 e. The Morgan fingerprint density at radius 1 is 1.44 bits per heavy atom.